The van der Waals surface area contributed by atoms with Crippen molar-refractivity contribution < 1.29 is 5.11 Å². The lowest BCUT2D eigenvalue weighted by atomic mass is 9.73. The highest BCUT2D eigenvalue weighted by atomic mass is 32.1. The molecule has 1 aliphatic rings. The summed E-state index contributed by atoms with van der Waals surface area (Å²) < 4.78 is 0. The maximum Gasteiger partial charge on any atom is 0.0798 e. The summed E-state index contributed by atoms with van der Waals surface area (Å²) in [5.41, 5.74) is 3.06. The Labute approximate surface area is 120 Å². The Kier molecular flexibility index (Phi) is 4.98. The second-order valence-electron chi connectivity index (χ2n) is 6.34. The Morgan fingerprint density at radius 2 is 2.16 bits per heavy atom. The fourth-order valence-electron chi connectivity index (χ4n) is 3.32. The van der Waals surface area contributed by atoms with Gasteiger partial charge in [-0.2, -0.15) is 0 Å². The molecule has 0 amide bonds. The maximum atomic E-state index is 10.3. The SMILES string of the molecule is Cc1ncsc1CN(C)CC1C(C)CC(C)CC1O. The average molecular weight is 282 g/mol. The molecule has 0 spiro atoms. The fraction of sp³-hybridized carbons (Fsp3) is 0.800. The smallest absolute Gasteiger partial charge is 0.0798 e. The van der Waals surface area contributed by atoms with E-state index in [1.54, 1.807) is 11.3 Å². The van der Waals surface area contributed by atoms with Crippen LogP contribution in [0.5, 0.6) is 0 Å². The Hall–Kier alpha value is -0.450. The molecule has 1 aromatic rings. The van der Waals surface area contributed by atoms with E-state index in [-0.39, 0.29) is 6.10 Å². The van der Waals surface area contributed by atoms with Gasteiger partial charge < -0.3 is 10.0 Å². The summed E-state index contributed by atoms with van der Waals surface area (Å²) in [7, 11) is 2.15. The molecule has 4 heteroatoms. The van der Waals surface area contributed by atoms with E-state index >= 15 is 0 Å². The van der Waals surface area contributed by atoms with Gasteiger partial charge in [-0.05, 0) is 38.6 Å². The van der Waals surface area contributed by atoms with Crippen LogP contribution in [0.25, 0.3) is 0 Å². The van der Waals surface area contributed by atoms with Gasteiger partial charge in [0.25, 0.3) is 0 Å². The van der Waals surface area contributed by atoms with Gasteiger partial charge in [0.05, 0.1) is 17.3 Å². The molecule has 1 aromatic heterocycles. The second kappa shape index (κ2) is 6.33. The third-order valence-corrected chi connectivity index (χ3v) is 5.34. The number of rotatable bonds is 4. The molecule has 0 radical (unpaired) electrons. The van der Waals surface area contributed by atoms with E-state index < -0.39 is 0 Å². The molecule has 1 heterocycles. The first-order valence-corrected chi connectivity index (χ1v) is 8.11. The topological polar surface area (TPSA) is 36.4 Å². The highest BCUT2D eigenvalue weighted by Gasteiger charge is 2.33. The van der Waals surface area contributed by atoms with Crippen molar-refractivity contribution in [3.05, 3.63) is 16.1 Å². The van der Waals surface area contributed by atoms with Gasteiger partial charge >= 0.3 is 0 Å². The number of aromatic nitrogens is 1. The Morgan fingerprint density at radius 3 is 2.74 bits per heavy atom. The van der Waals surface area contributed by atoms with Crippen LogP contribution in [-0.4, -0.2) is 34.7 Å². The van der Waals surface area contributed by atoms with Gasteiger partial charge in [0.2, 0.25) is 0 Å². The minimum Gasteiger partial charge on any atom is -0.393 e. The van der Waals surface area contributed by atoms with E-state index in [0.29, 0.717) is 17.8 Å². The first-order chi connectivity index (χ1) is 8.97. The third kappa shape index (κ3) is 3.77. The predicted octanol–water partition coefficient (Wildman–Crippen LogP) is 2.93. The number of thiazole rings is 1. The molecule has 4 atom stereocenters. The van der Waals surface area contributed by atoms with Gasteiger partial charge in [0.15, 0.2) is 0 Å². The van der Waals surface area contributed by atoms with E-state index in [0.717, 1.165) is 25.2 Å². The molecular formula is C15H26N2OS. The summed E-state index contributed by atoms with van der Waals surface area (Å²) in [6.45, 7) is 8.53. The van der Waals surface area contributed by atoms with Gasteiger partial charge in [-0.25, -0.2) is 4.98 Å². The number of aryl methyl sites for hydroxylation is 1. The molecule has 4 unspecified atom stereocenters. The van der Waals surface area contributed by atoms with Gasteiger partial charge in [0.1, 0.15) is 0 Å². The molecule has 1 N–H and O–H groups in total. The maximum absolute atomic E-state index is 10.3. The van der Waals surface area contributed by atoms with E-state index in [4.69, 9.17) is 0 Å². The monoisotopic (exact) mass is 282 g/mol. The van der Waals surface area contributed by atoms with Crippen LogP contribution in [0.15, 0.2) is 5.51 Å². The summed E-state index contributed by atoms with van der Waals surface area (Å²) in [5.74, 6) is 1.69. The molecule has 0 saturated heterocycles. The Balaban J connectivity index is 1.91. The number of aliphatic hydroxyl groups is 1. The van der Waals surface area contributed by atoms with Crippen LogP contribution in [0, 0.1) is 24.7 Å². The summed E-state index contributed by atoms with van der Waals surface area (Å²) in [4.78, 5) is 7.97. The van der Waals surface area contributed by atoms with Gasteiger partial charge in [0, 0.05) is 23.9 Å². The lowest BCUT2D eigenvalue weighted by Gasteiger charge is -2.38. The Bertz CT molecular complexity index is 395. The largest absolute Gasteiger partial charge is 0.393 e. The molecular weight excluding hydrogens is 256 g/mol. The van der Waals surface area contributed by atoms with Crippen LogP contribution < -0.4 is 0 Å². The van der Waals surface area contributed by atoms with E-state index in [1.807, 2.05) is 5.51 Å². The fourth-order valence-corrected chi connectivity index (χ4v) is 4.18. The van der Waals surface area contributed by atoms with Crippen molar-refractivity contribution in [3.63, 3.8) is 0 Å². The summed E-state index contributed by atoms with van der Waals surface area (Å²) in [6, 6.07) is 0. The van der Waals surface area contributed by atoms with Crippen LogP contribution in [0.4, 0.5) is 0 Å². The zero-order valence-electron chi connectivity index (χ0n) is 12.5. The normalized spacial score (nSPS) is 31.9. The minimum absolute atomic E-state index is 0.135. The predicted molar refractivity (Wildman–Crippen MR) is 80.2 cm³/mol. The number of nitrogens with zero attached hydrogens (tertiary/aromatic N) is 2. The van der Waals surface area contributed by atoms with Crippen molar-refractivity contribution in [1.82, 2.24) is 9.88 Å². The zero-order chi connectivity index (χ0) is 14.0. The molecule has 2 rings (SSSR count). The van der Waals surface area contributed by atoms with E-state index in [1.165, 1.54) is 11.3 Å². The van der Waals surface area contributed by atoms with Gasteiger partial charge in [-0.1, -0.05) is 13.8 Å². The molecule has 19 heavy (non-hydrogen) atoms. The highest BCUT2D eigenvalue weighted by Crippen LogP contribution is 2.34. The van der Waals surface area contributed by atoms with Crippen molar-refractivity contribution in [2.24, 2.45) is 17.8 Å². The lowest BCUT2D eigenvalue weighted by Crippen LogP contribution is -2.41. The van der Waals surface area contributed by atoms with Crippen molar-refractivity contribution in [2.75, 3.05) is 13.6 Å². The second-order valence-corrected chi connectivity index (χ2v) is 7.28. The molecule has 0 bridgehead atoms. The summed E-state index contributed by atoms with van der Waals surface area (Å²) in [5, 5.41) is 10.3. The van der Waals surface area contributed by atoms with Crippen LogP contribution in [-0.2, 0) is 6.54 Å². The van der Waals surface area contributed by atoms with Crippen molar-refractivity contribution in [3.8, 4) is 0 Å². The van der Waals surface area contributed by atoms with Crippen molar-refractivity contribution >= 4 is 11.3 Å². The average Bonchev–Trinajstić information content (AvgIpc) is 2.69. The summed E-state index contributed by atoms with van der Waals surface area (Å²) >= 11 is 1.73. The molecule has 0 aliphatic heterocycles. The molecule has 1 aliphatic carbocycles. The van der Waals surface area contributed by atoms with Crippen molar-refractivity contribution in [1.29, 1.82) is 0 Å². The zero-order valence-corrected chi connectivity index (χ0v) is 13.3. The van der Waals surface area contributed by atoms with Crippen LogP contribution in [0.3, 0.4) is 0 Å². The van der Waals surface area contributed by atoms with E-state index in [9.17, 15) is 5.11 Å². The number of hydrogen-bond acceptors (Lipinski definition) is 4. The van der Waals surface area contributed by atoms with E-state index in [2.05, 4.69) is 37.7 Å². The number of hydrogen-bond donors (Lipinski definition) is 1. The lowest BCUT2D eigenvalue weighted by molar-refractivity contribution is 0.000693. The van der Waals surface area contributed by atoms with Crippen molar-refractivity contribution in [2.45, 2.75) is 46.3 Å². The standard InChI is InChI=1S/C15H26N2OS/c1-10-5-11(2)13(14(18)6-10)7-17(4)8-15-12(3)16-9-19-15/h9-11,13-14,18H,5-8H2,1-4H3. The molecule has 0 aromatic carbocycles. The van der Waals surface area contributed by atoms with Crippen LogP contribution >= 0.6 is 11.3 Å². The van der Waals surface area contributed by atoms with Gasteiger partial charge in [-0.15, -0.1) is 11.3 Å². The highest BCUT2D eigenvalue weighted by molar-refractivity contribution is 7.09. The number of aliphatic hydroxyl groups excluding tert-OH is 1. The minimum atomic E-state index is -0.135. The van der Waals surface area contributed by atoms with Crippen LogP contribution in [0.1, 0.15) is 37.3 Å². The first kappa shape index (κ1) is 14.9. The van der Waals surface area contributed by atoms with Crippen LogP contribution in [0.2, 0.25) is 0 Å². The summed E-state index contributed by atoms with van der Waals surface area (Å²) in [6.07, 6.45) is 2.07. The van der Waals surface area contributed by atoms with Gasteiger partial charge in [-0.3, -0.25) is 0 Å². The molecule has 108 valence electrons. The first-order valence-electron chi connectivity index (χ1n) is 7.23. The molecule has 3 nitrogen and oxygen atoms in total. The quantitative estimate of drug-likeness (QED) is 0.922. The third-order valence-electron chi connectivity index (χ3n) is 4.42. The Morgan fingerprint density at radius 1 is 1.42 bits per heavy atom. The molecule has 1 fully saturated rings. The molecule has 1 saturated carbocycles.